The number of β-amino-alcohol motifs (C(OH)–C–C–N with tert-alkyl or cyclic N) is 1. The lowest BCUT2D eigenvalue weighted by molar-refractivity contribution is 0.202. The zero-order valence-electron chi connectivity index (χ0n) is 12.1. The molecule has 6 nitrogen and oxygen atoms in total. The first-order valence-corrected chi connectivity index (χ1v) is 8.77. The van der Waals surface area contributed by atoms with Gasteiger partial charge < -0.3 is 10.8 Å². The first-order valence-electron chi connectivity index (χ1n) is 7.17. The molecule has 1 aliphatic heterocycles. The maximum absolute atomic E-state index is 12.5. The molecule has 1 fully saturated rings. The van der Waals surface area contributed by atoms with Crippen molar-refractivity contribution in [2.75, 3.05) is 45.1 Å². The number of benzene rings is 1. The molecule has 0 bridgehead atoms. The van der Waals surface area contributed by atoms with Crippen LogP contribution in [0.4, 0.5) is 5.69 Å². The van der Waals surface area contributed by atoms with Crippen molar-refractivity contribution < 1.29 is 13.5 Å². The maximum Gasteiger partial charge on any atom is 0.218 e. The summed E-state index contributed by atoms with van der Waals surface area (Å²) in [5, 5.41) is 8.97. The molecule has 0 aromatic heterocycles. The number of hydrogen-bond acceptors (Lipinski definition) is 5. The van der Waals surface area contributed by atoms with Gasteiger partial charge in [0.05, 0.1) is 12.4 Å². The Kier molecular flexibility index (Phi) is 5.58. The van der Waals surface area contributed by atoms with E-state index in [1.807, 2.05) is 0 Å². The topological polar surface area (TPSA) is 86.9 Å². The summed E-state index contributed by atoms with van der Waals surface area (Å²) in [5.74, 6) is 0.00722. The molecule has 0 unspecified atom stereocenters. The van der Waals surface area contributed by atoms with Gasteiger partial charge in [0.25, 0.3) is 0 Å². The Hall–Kier alpha value is -1.15. The third-order valence-electron chi connectivity index (χ3n) is 3.69. The lowest BCUT2D eigenvalue weighted by atomic mass is 10.2. The van der Waals surface area contributed by atoms with Crippen molar-refractivity contribution in [2.45, 2.75) is 12.2 Å². The summed E-state index contributed by atoms with van der Waals surface area (Å²) >= 11 is 0. The summed E-state index contributed by atoms with van der Waals surface area (Å²) in [4.78, 5) is 2.10. The number of aliphatic hydroxyl groups excluding tert-OH is 1. The molecule has 7 heteroatoms. The Morgan fingerprint density at radius 1 is 1.10 bits per heavy atom. The molecule has 2 rings (SSSR count). The molecule has 1 aromatic rings. The van der Waals surface area contributed by atoms with Gasteiger partial charge in [-0.05, 0) is 30.7 Å². The Bertz CT molecular complexity index is 545. The Balaban J connectivity index is 2.00. The standard InChI is InChI=1S/C14H23N3O3S/c15-14-4-2-13(3-5-14)12-21(19,20)17-7-1-6-16(8-9-17)10-11-18/h2-5,18H,1,6-12,15H2. The summed E-state index contributed by atoms with van der Waals surface area (Å²) < 4.78 is 26.5. The van der Waals surface area contributed by atoms with Crippen LogP contribution in [0.3, 0.4) is 0 Å². The van der Waals surface area contributed by atoms with Crippen molar-refractivity contribution in [2.24, 2.45) is 0 Å². The molecular formula is C14H23N3O3S. The highest BCUT2D eigenvalue weighted by Crippen LogP contribution is 2.15. The van der Waals surface area contributed by atoms with Crippen LogP contribution in [0.2, 0.25) is 0 Å². The molecule has 1 heterocycles. The molecule has 3 N–H and O–H groups in total. The zero-order chi connectivity index (χ0) is 15.3. The van der Waals surface area contributed by atoms with Crippen LogP contribution in [0, 0.1) is 0 Å². The van der Waals surface area contributed by atoms with E-state index in [2.05, 4.69) is 4.90 Å². The first-order chi connectivity index (χ1) is 10.0. The second kappa shape index (κ2) is 7.22. The maximum atomic E-state index is 12.5. The van der Waals surface area contributed by atoms with Crippen molar-refractivity contribution in [3.05, 3.63) is 29.8 Å². The third kappa shape index (κ3) is 4.67. The molecule has 1 aromatic carbocycles. The molecule has 0 radical (unpaired) electrons. The summed E-state index contributed by atoms with van der Waals surface area (Å²) in [6.45, 7) is 3.23. The van der Waals surface area contributed by atoms with E-state index in [1.54, 1.807) is 28.6 Å². The SMILES string of the molecule is Nc1ccc(CS(=O)(=O)N2CCCN(CCO)CC2)cc1. The lowest BCUT2D eigenvalue weighted by Crippen LogP contribution is -2.36. The number of anilines is 1. The molecule has 0 saturated carbocycles. The van der Waals surface area contributed by atoms with Crippen LogP contribution < -0.4 is 5.73 Å². The first kappa shape index (κ1) is 16.2. The minimum Gasteiger partial charge on any atom is -0.399 e. The van der Waals surface area contributed by atoms with Gasteiger partial charge >= 0.3 is 0 Å². The van der Waals surface area contributed by atoms with Gasteiger partial charge in [-0.25, -0.2) is 12.7 Å². The highest BCUT2D eigenvalue weighted by molar-refractivity contribution is 7.88. The monoisotopic (exact) mass is 313 g/mol. The van der Waals surface area contributed by atoms with Crippen LogP contribution in [0.1, 0.15) is 12.0 Å². The number of nitrogen functional groups attached to an aromatic ring is 1. The zero-order valence-corrected chi connectivity index (χ0v) is 12.9. The molecular weight excluding hydrogens is 290 g/mol. The Morgan fingerprint density at radius 3 is 2.48 bits per heavy atom. The number of nitrogens with two attached hydrogens (primary N) is 1. The molecule has 0 atom stereocenters. The average Bonchev–Trinajstić information content (AvgIpc) is 2.68. The smallest absolute Gasteiger partial charge is 0.218 e. The van der Waals surface area contributed by atoms with Crippen molar-refractivity contribution in [3.8, 4) is 0 Å². The number of sulfonamides is 1. The Labute approximate surface area is 126 Å². The summed E-state index contributed by atoms with van der Waals surface area (Å²) in [6.07, 6.45) is 0.793. The number of rotatable bonds is 5. The predicted octanol–water partition coefficient (Wildman–Crippen LogP) is 0.0986. The van der Waals surface area contributed by atoms with Crippen LogP contribution in [-0.2, 0) is 15.8 Å². The van der Waals surface area contributed by atoms with Crippen LogP contribution in [0.15, 0.2) is 24.3 Å². The van der Waals surface area contributed by atoms with E-state index in [9.17, 15) is 8.42 Å². The van der Waals surface area contributed by atoms with Gasteiger partial charge in [0.1, 0.15) is 0 Å². The van der Waals surface area contributed by atoms with Crippen LogP contribution in [0.25, 0.3) is 0 Å². The van der Waals surface area contributed by atoms with E-state index in [0.29, 0.717) is 31.9 Å². The normalized spacial score (nSPS) is 18.5. The fourth-order valence-corrected chi connectivity index (χ4v) is 4.07. The number of hydrogen-bond donors (Lipinski definition) is 2. The van der Waals surface area contributed by atoms with Crippen molar-refractivity contribution in [1.29, 1.82) is 0 Å². The Morgan fingerprint density at radius 2 is 1.81 bits per heavy atom. The highest BCUT2D eigenvalue weighted by Gasteiger charge is 2.25. The summed E-state index contributed by atoms with van der Waals surface area (Å²) in [6, 6.07) is 6.94. The van der Waals surface area contributed by atoms with E-state index in [-0.39, 0.29) is 12.4 Å². The second-order valence-electron chi connectivity index (χ2n) is 5.32. The van der Waals surface area contributed by atoms with Gasteiger partial charge in [0.15, 0.2) is 0 Å². The van der Waals surface area contributed by atoms with Crippen molar-refractivity contribution in [1.82, 2.24) is 9.21 Å². The average molecular weight is 313 g/mol. The van der Waals surface area contributed by atoms with Gasteiger partial charge in [-0.1, -0.05) is 12.1 Å². The number of nitrogens with zero attached hydrogens (tertiary/aromatic N) is 2. The quantitative estimate of drug-likeness (QED) is 0.753. The van der Waals surface area contributed by atoms with Gasteiger partial charge in [-0.15, -0.1) is 0 Å². The van der Waals surface area contributed by atoms with Gasteiger partial charge in [-0.2, -0.15) is 0 Å². The van der Waals surface area contributed by atoms with Crippen LogP contribution in [0.5, 0.6) is 0 Å². The molecule has 0 amide bonds. The minimum atomic E-state index is -3.31. The van der Waals surface area contributed by atoms with E-state index in [1.165, 1.54) is 0 Å². The highest BCUT2D eigenvalue weighted by atomic mass is 32.2. The van der Waals surface area contributed by atoms with E-state index < -0.39 is 10.0 Å². The molecule has 1 aliphatic rings. The molecule has 1 saturated heterocycles. The minimum absolute atomic E-state index is 0.00722. The summed E-state index contributed by atoms with van der Waals surface area (Å²) in [5.41, 5.74) is 6.99. The van der Waals surface area contributed by atoms with Gasteiger partial charge in [-0.3, -0.25) is 4.90 Å². The van der Waals surface area contributed by atoms with Crippen molar-refractivity contribution >= 4 is 15.7 Å². The van der Waals surface area contributed by atoms with E-state index in [0.717, 1.165) is 18.5 Å². The molecule has 0 spiro atoms. The van der Waals surface area contributed by atoms with Crippen LogP contribution in [-0.4, -0.2) is 62.1 Å². The molecule has 0 aliphatic carbocycles. The summed E-state index contributed by atoms with van der Waals surface area (Å²) in [7, 11) is -3.31. The molecule has 21 heavy (non-hydrogen) atoms. The fourth-order valence-electron chi connectivity index (χ4n) is 2.51. The van der Waals surface area contributed by atoms with Gasteiger partial charge in [0.2, 0.25) is 10.0 Å². The second-order valence-corrected chi connectivity index (χ2v) is 7.28. The largest absolute Gasteiger partial charge is 0.399 e. The number of aliphatic hydroxyl groups is 1. The van der Waals surface area contributed by atoms with Crippen LogP contribution >= 0.6 is 0 Å². The third-order valence-corrected chi connectivity index (χ3v) is 5.54. The van der Waals surface area contributed by atoms with Gasteiger partial charge in [0, 0.05) is 31.9 Å². The van der Waals surface area contributed by atoms with E-state index in [4.69, 9.17) is 10.8 Å². The predicted molar refractivity (Wildman–Crippen MR) is 83.2 cm³/mol. The molecule has 118 valence electrons. The van der Waals surface area contributed by atoms with Crippen molar-refractivity contribution in [3.63, 3.8) is 0 Å². The van der Waals surface area contributed by atoms with E-state index >= 15 is 0 Å². The fraction of sp³-hybridized carbons (Fsp3) is 0.571. The lowest BCUT2D eigenvalue weighted by Gasteiger charge is -2.21.